The number of para-hydroxylation sites is 1. The maximum Gasteiger partial charge on any atom is 0.262 e. The van der Waals surface area contributed by atoms with E-state index < -0.39 is 0 Å². The van der Waals surface area contributed by atoms with Crippen LogP contribution in [0.15, 0.2) is 52.4 Å². The van der Waals surface area contributed by atoms with Gasteiger partial charge >= 0.3 is 0 Å². The molecule has 162 valence electrons. The van der Waals surface area contributed by atoms with Crippen molar-refractivity contribution in [2.45, 2.75) is 57.3 Å². The van der Waals surface area contributed by atoms with Gasteiger partial charge in [0.25, 0.3) is 5.56 Å². The smallest absolute Gasteiger partial charge is 0.262 e. The molecule has 2 aromatic carbocycles. The number of fused-ring (bicyclic) bond motifs is 1. The van der Waals surface area contributed by atoms with Crippen molar-refractivity contribution in [1.82, 2.24) is 14.5 Å². The lowest BCUT2D eigenvalue weighted by atomic mass is 10.1. The van der Waals surface area contributed by atoms with Crippen LogP contribution in [0.2, 0.25) is 0 Å². The Morgan fingerprint density at radius 1 is 1.16 bits per heavy atom. The fourth-order valence-electron chi connectivity index (χ4n) is 4.32. The molecule has 0 saturated heterocycles. The summed E-state index contributed by atoms with van der Waals surface area (Å²) < 4.78 is 1.84. The summed E-state index contributed by atoms with van der Waals surface area (Å²) in [6, 6.07) is 14.0. The first-order chi connectivity index (χ1) is 14.9. The third kappa shape index (κ3) is 4.69. The Morgan fingerprint density at radius 2 is 1.90 bits per heavy atom. The molecular formula is C25H29N3O2S. The molecule has 0 aliphatic heterocycles. The van der Waals surface area contributed by atoms with Crippen molar-refractivity contribution in [2.75, 3.05) is 12.8 Å². The van der Waals surface area contributed by atoms with Gasteiger partial charge in [0.2, 0.25) is 5.91 Å². The molecule has 5 nitrogen and oxygen atoms in total. The lowest BCUT2D eigenvalue weighted by molar-refractivity contribution is -0.127. The number of nitrogens with zero attached hydrogens (tertiary/aromatic N) is 3. The number of aromatic nitrogens is 2. The SMILES string of the molecule is Cc1ccc(CN(C)C(=O)CSc2nc3ccccc3c(=O)n2C2CCCC2)c(C)c1. The molecule has 0 bridgehead atoms. The highest BCUT2D eigenvalue weighted by Crippen LogP contribution is 2.32. The topological polar surface area (TPSA) is 55.2 Å². The molecule has 0 spiro atoms. The number of carbonyl (C=O) groups excluding carboxylic acids is 1. The first-order valence-corrected chi connectivity index (χ1v) is 11.9. The van der Waals surface area contributed by atoms with Gasteiger partial charge in [0.15, 0.2) is 5.16 Å². The van der Waals surface area contributed by atoms with Gasteiger partial charge in [-0.25, -0.2) is 4.98 Å². The predicted molar refractivity (Wildman–Crippen MR) is 127 cm³/mol. The van der Waals surface area contributed by atoms with Crippen molar-refractivity contribution in [3.8, 4) is 0 Å². The molecular weight excluding hydrogens is 406 g/mol. The minimum Gasteiger partial charge on any atom is -0.341 e. The summed E-state index contributed by atoms with van der Waals surface area (Å²) in [5, 5.41) is 1.31. The molecule has 1 aliphatic carbocycles. The Labute approximate surface area is 187 Å². The third-order valence-electron chi connectivity index (χ3n) is 6.12. The van der Waals surface area contributed by atoms with Gasteiger partial charge in [0.05, 0.1) is 16.7 Å². The average Bonchev–Trinajstić information content (AvgIpc) is 3.28. The monoisotopic (exact) mass is 435 g/mol. The van der Waals surface area contributed by atoms with Crippen molar-refractivity contribution < 1.29 is 4.79 Å². The maximum absolute atomic E-state index is 13.2. The zero-order chi connectivity index (χ0) is 22.0. The minimum atomic E-state index is 0.0103. The van der Waals surface area contributed by atoms with E-state index in [1.807, 2.05) is 35.9 Å². The second-order valence-electron chi connectivity index (χ2n) is 8.49. The van der Waals surface area contributed by atoms with Crippen LogP contribution in [-0.2, 0) is 11.3 Å². The second-order valence-corrected chi connectivity index (χ2v) is 9.44. The van der Waals surface area contributed by atoms with Gasteiger partial charge in [-0.3, -0.25) is 14.2 Å². The normalized spacial score (nSPS) is 14.3. The molecule has 1 saturated carbocycles. The second kappa shape index (κ2) is 9.27. The Bertz CT molecular complexity index is 1170. The lowest BCUT2D eigenvalue weighted by Crippen LogP contribution is -2.30. The van der Waals surface area contributed by atoms with E-state index in [1.54, 1.807) is 4.90 Å². The summed E-state index contributed by atoms with van der Waals surface area (Å²) >= 11 is 1.38. The van der Waals surface area contributed by atoms with Crippen LogP contribution in [0.25, 0.3) is 10.9 Å². The van der Waals surface area contributed by atoms with Gasteiger partial charge in [0, 0.05) is 19.6 Å². The van der Waals surface area contributed by atoms with Crippen LogP contribution in [0.3, 0.4) is 0 Å². The van der Waals surface area contributed by atoms with Gasteiger partial charge in [0.1, 0.15) is 0 Å². The highest BCUT2D eigenvalue weighted by molar-refractivity contribution is 7.99. The fourth-order valence-corrected chi connectivity index (χ4v) is 5.32. The molecule has 1 fully saturated rings. The molecule has 1 aliphatic rings. The molecule has 1 amide bonds. The van der Waals surface area contributed by atoms with Gasteiger partial charge in [-0.2, -0.15) is 0 Å². The zero-order valence-electron chi connectivity index (χ0n) is 18.4. The number of aryl methyl sites for hydroxylation is 2. The van der Waals surface area contributed by atoms with Crippen LogP contribution in [0.1, 0.15) is 48.4 Å². The minimum absolute atomic E-state index is 0.0103. The van der Waals surface area contributed by atoms with Crippen molar-refractivity contribution in [1.29, 1.82) is 0 Å². The maximum atomic E-state index is 13.2. The van der Waals surface area contributed by atoms with Crippen LogP contribution in [-0.4, -0.2) is 33.2 Å². The van der Waals surface area contributed by atoms with E-state index in [1.165, 1.54) is 22.9 Å². The first kappa shape index (κ1) is 21.6. The molecule has 4 rings (SSSR count). The highest BCUT2D eigenvalue weighted by atomic mass is 32.2. The van der Waals surface area contributed by atoms with Crippen LogP contribution in [0.4, 0.5) is 0 Å². The van der Waals surface area contributed by atoms with Crippen LogP contribution >= 0.6 is 11.8 Å². The molecule has 6 heteroatoms. The summed E-state index contributed by atoms with van der Waals surface area (Å²) in [5.74, 6) is 0.296. The van der Waals surface area contributed by atoms with Gasteiger partial charge in [-0.15, -0.1) is 0 Å². The van der Waals surface area contributed by atoms with Crippen LogP contribution < -0.4 is 5.56 Å². The van der Waals surface area contributed by atoms with E-state index in [9.17, 15) is 9.59 Å². The predicted octanol–water partition coefficient (Wildman–Crippen LogP) is 4.88. The van der Waals surface area contributed by atoms with Gasteiger partial charge < -0.3 is 4.90 Å². The van der Waals surface area contributed by atoms with E-state index in [2.05, 4.69) is 32.0 Å². The summed E-state index contributed by atoms with van der Waals surface area (Å²) in [6.07, 6.45) is 4.25. The number of amides is 1. The number of hydrogen-bond acceptors (Lipinski definition) is 4. The van der Waals surface area contributed by atoms with E-state index in [-0.39, 0.29) is 23.3 Å². The van der Waals surface area contributed by atoms with Crippen molar-refractivity contribution in [2.24, 2.45) is 0 Å². The number of hydrogen-bond donors (Lipinski definition) is 0. The summed E-state index contributed by atoms with van der Waals surface area (Å²) in [4.78, 5) is 32.6. The summed E-state index contributed by atoms with van der Waals surface area (Å²) in [6.45, 7) is 4.73. The molecule has 1 heterocycles. The number of thioether (sulfide) groups is 1. The third-order valence-corrected chi connectivity index (χ3v) is 7.06. The van der Waals surface area contributed by atoms with E-state index in [0.717, 1.165) is 31.2 Å². The van der Waals surface area contributed by atoms with E-state index >= 15 is 0 Å². The fraction of sp³-hybridized carbons (Fsp3) is 0.400. The van der Waals surface area contributed by atoms with Crippen molar-refractivity contribution >= 4 is 28.6 Å². The molecule has 0 atom stereocenters. The lowest BCUT2D eigenvalue weighted by Gasteiger charge is -2.21. The van der Waals surface area contributed by atoms with Crippen molar-refractivity contribution in [3.05, 3.63) is 69.5 Å². The quantitative estimate of drug-likeness (QED) is 0.409. The summed E-state index contributed by atoms with van der Waals surface area (Å²) in [5.41, 5.74) is 4.27. The molecule has 31 heavy (non-hydrogen) atoms. The van der Waals surface area contributed by atoms with Crippen LogP contribution in [0, 0.1) is 13.8 Å². The highest BCUT2D eigenvalue weighted by Gasteiger charge is 2.23. The Kier molecular flexibility index (Phi) is 6.46. The standard InChI is InChI=1S/C25H29N3O2S/c1-17-12-13-19(18(2)14-17)15-27(3)23(29)16-31-25-26-22-11-7-6-10-21(22)24(30)28(25)20-8-4-5-9-20/h6-7,10-14,20H,4-5,8-9,15-16H2,1-3H3. The van der Waals surface area contributed by atoms with Crippen LogP contribution in [0.5, 0.6) is 0 Å². The Hall–Kier alpha value is -2.60. The number of carbonyl (C=O) groups is 1. The molecule has 3 aromatic rings. The van der Waals surface area contributed by atoms with E-state index in [0.29, 0.717) is 22.6 Å². The zero-order valence-corrected chi connectivity index (χ0v) is 19.2. The van der Waals surface area contributed by atoms with Gasteiger partial charge in [-0.1, -0.05) is 60.5 Å². The molecule has 1 aromatic heterocycles. The van der Waals surface area contributed by atoms with E-state index in [4.69, 9.17) is 4.98 Å². The Balaban J connectivity index is 1.54. The first-order valence-electron chi connectivity index (χ1n) is 10.9. The molecule has 0 unspecified atom stereocenters. The molecule has 0 radical (unpaired) electrons. The molecule has 0 N–H and O–H groups in total. The van der Waals surface area contributed by atoms with Gasteiger partial charge in [-0.05, 0) is 49.9 Å². The number of benzene rings is 2. The number of rotatable bonds is 6. The average molecular weight is 436 g/mol. The summed E-state index contributed by atoms with van der Waals surface area (Å²) in [7, 11) is 1.83. The largest absolute Gasteiger partial charge is 0.341 e. The Morgan fingerprint density at radius 3 is 2.65 bits per heavy atom. The van der Waals surface area contributed by atoms with Crippen molar-refractivity contribution in [3.63, 3.8) is 0 Å².